The number of methoxy groups -OCH3 is 1. The summed E-state index contributed by atoms with van der Waals surface area (Å²) in [6.07, 6.45) is 0. The summed E-state index contributed by atoms with van der Waals surface area (Å²) in [5.74, 6) is 1.57. The van der Waals surface area contributed by atoms with Gasteiger partial charge in [0, 0.05) is 21.3 Å². The number of ether oxygens (including phenoxy) is 1. The largest absolute Gasteiger partial charge is 0.497 e. The van der Waals surface area contributed by atoms with Crippen LogP contribution in [0.25, 0.3) is 17.1 Å². The molecule has 3 N–H and O–H groups in total. The van der Waals surface area contributed by atoms with Gasteiger partial charge in [-0.1, -0.05) is 23.2 Å². The molecule has 0 saturated heterocycles. The topological polar surface area (TPSA) is 76.0 Å². The number of anilines is 2. The van der Waals surface area contributed by atoms with Crippen molar-refractivity contribution in [2.45, 2.75) is 0 Å². The van der Waals surface area contributed by atoms with Gasteiger partial charge in [-0.2, -0.15) is 9.97 Å². The standard InChI is InChI=1S/C23H18Cl2N6OS2/c1-32-19-12-8-17(9-13-19)26-22(33)30-29-21-27-20(14-2-4-15(24)5-3-14)28-23(34)31(21)18-10-6-16(25)7-11-18/h2-13H,1H3,(H2,26,30,33)(H,27,28,29,34). The van der Waals surface area contributed by atoms with Crippen molar-refractivity contribution in [3.05, 3.63) is 87.6 Å². The molecular formula is C23H18Cl2N6OS2. The van der Waals surface area contributed by atoms with E-state index < -0.39 is 0 Å². The summed E-state index contributed by atoms with van der Waals surface area (Å²) in [6.45, 7) is 0. The molecule has 3 aromatic carbocycles. The lowest BCUT2D eigenvalue weighted by Gasteiger charge is -2.17. The van der Waals surface area contributed by atoms with E-state index in [9.17, 15) is 0 Å². The summed E-state index contributed by atoms with van der Waals surface area (Å²) in [6, 6.07) is 21.7. The van der Waals surface area contributed by atoms with E-state index in [0.717, 1.165) is 22.7 Å². The second-order valence-electron chi connectivity index (χ2n) is 6.90. The Morgan fingerprint density at radius 1 is 0.882 bits per heavy atom. The Kier molecular flexibility index (Phi) is 7.59. The SMILES string of the molecule is COc1ccc(NC(=S)NNc2nc(-c3ccc(Cl)cc3)nc(=S)n2-c2ccc(Cl)cc2)cc1. The van der Waals surface area contributed by atoms with Crippen molar-refractivity contribution in [2.75, 3.05) is 17.9 Å². The number of halogens is 2. The van der Waals surface area contributed by atoms with Crippen molar-refractivity contribution in [1.82, 2.24) is 20.0 Å². The van der Waals surface area contributed by atoms with E-state index in [1.165, 1.54) is 0 Å². The second kappa shape index (κ2) is 10.8. The minimum atomic E-state index is 0.292. The van der Waals surface area contributed by atoms with Gasteiger partial charge in [-0.25, -0.2) is 0 Å². The number of hydrogen-bond donors (Lipinski definition) is 3. The molecule has 0 unspecified atom stereocenters. The number of hydrazine groups is 1. The van der Waals surface area contributed by atoms with E-state index in [1.807, 2.05) is 48.5 Å². The molecule has 4 rings (SSSR count). The van der Waals surface area contributed by atoms with Crippen molar-refractivity contribution < 1.29 is 4.74 Å². The molecule has 1 heterocycles. The van der Waals surface area contributed by atoms with Crippen LogP contribution in [0.1, 0.15) is 0 Å². The average molecular weight is 529 g/mol. The van der Waals surface area contributed by atoms with Gasteiger partial charge in [0.2, 0.25) is 10.7 Å². The van der Waals surface area contributed by atoms with E-state index >= 15 is 0 Å². The molecular weight excluding hydrogens is 511 g/mol. The van der Waals surface area contributed by atoms with E-state index in [1.54, 1.807) is 35.9 Å². The van der Waals surface area contributed by atoms with Crippen LogP contribution in [0.2, 0.25) is 10.0 Å². The summed E-state index contributed by atoms with van der Waals surface area (Å²) < 4.78 is 7.14. The molecule has 0 aliphatic carbocycles. The van der Waals surface area contributed by atoms with Gasteiger partial charge in [0.25, 0.3) is 0 Å². The Bertz CT molecular complexity index is 1360. The zero-order valence-corrected chi connectivity index (χ0v) is 20.9. The molecule has 0 fully saturated rings. The van der Waals surface area contributed by atoms with Gasteiger partial charge in [-0.3, -0.25) is 15.4 Å². The van der Waals surface area contributed by atoms with Crippen molar-refractivity contribution >= 4 is 64.4 Å². The molecule has 0 saturated carbocycles. The Morgan fingerprint density at radius 3 is 2.12 bits per heavy atom. The fourth-order valence-corrected chi connectivity index (χ4v) is 3.69. The number of nitrogens with one attached hydrogen (secondary N) is 3. The lowest BCUT2D eigenvalue weighted by Crippen LogP contribution is -2.35. The summed E-state index contributed by atoms with van der Waals surface area (Å²) in [5.41, 5.74) is 8.27. The van der Waals surface area contributed by atoms with Gasteiger partial charge >= 0.3 is 0 Å². The molecule has 0 radical (unpaired) electrons. The van der Waals surface area contributed by atoms with Crippen LogP contribution >= 0.6 is 47.6 Å². The van der Waals surface area contributed by atoms with E-state index in [4.69, 9.17) is 52.4 Å². The van der Waals surface area contributed by atoms with Crippen LogP contribution in [0.4, 0.5) is 11.6 Å². The highest BCUT2D eigenvalue weighted by Gasteiger charge is 2.12. The highest BCUT2D eigenvalue weighted by atomic mass is 35.5. The molecule has 0 atom stereocenters. The number of nitrogens with zero attached hydrogens (tertiary/aromatic N) is 3. The highest BCUT2D eigenvalue weighted by Crippen LogP contribution is 2.23. The van der Waals surface area contributed by atoms with Gasteiger partial charge in [0.1, 0.15) is 5.75 Å². The van der Waals surface area contributed by atoms with Crippen molar-refractivity contribution in [1.29, 1.82) is 0 Å². The van der Waals surface area contributed by atoms with E-state index in [2.05, 4.69) is 26.1 Å². The first-order valence-electron chi connectivity index (χ1n) is 9.93. The molecule has 11 heteroatoms. The summed E-state index contributed by atoms with van der Waals surface area (Å²) in [7, 11) is 1.61. The zero-order valence-electron chi connectivity index (χ0n) is 17.8. The van der Waals surface area contributed by atoms with Crippen LogP contribution in [0.15, 0.2) is 72.8 Å². The monoisotopic (exact) mass is 528 g/mol. The summed E-state index contributed by atoms with van der Waals surface area (Å²) in [4.78, 5) is 9.17. The third-order valence-corrected chi connectivity index (χ3v) is 5.62. The molecule has 0 spiro atoms. The number of benzene rings is 3. The first-order valence-corrected chi connectivity index (χ1v) is 11.5. The van der Waals surface area contributed by atoms with Crippen LogP contribution < -0.4 is 20.9 Å². The molecule has 34 heavy (non-hydrogen) atoms. The predicted molar refractivity (Wildman–Crippen MR) is 144 cm³/mol. The van der Waals surface area contributed by atoms with Gasteiger partial charge in [-0.05, 0) is 97.2 Å². The number of rotatable bonds is 6. The number of aromatic nitrogens is 3. The maximum atomic E-state index is 6.06. The lowest BCUT2D eigenvalue weighted by atomic mass is 10.2. The first kappa shape index (κ1) is 23.9. The van der Waals surface area contributed by atoms with Crippen molar-refractivity contribution in [2.24, 2.45) is 0 Å². The van der Waals surface area contributed by atoms with Crippen LogP contribution in [0, 0.1) is 4.77 Å². The summed E-state index contributed by atoms with van der Waals surface area (Å²) in [5, 5.41) is 4.63. The normalized spacial score (nSPS) is 10.4. The number of thiocarbonyl (C=S) groups is 1. The molecule has 0 amide bonds. The maximum Gasteiger partial charge on any atom is 0.230 e. The minimum absolute atomic E-state index is 0.292. The Hall–Kier alpha value is -3.24. The maximum absolute atomic E-state index is 6.06. The molecule has 0 bridgehead atoms. The third-order valence-electron chi connectivity index (χ3n) is 4.64. The van der Waals surface area contributed by atoms with Gasteiger partial charge in [-0.15, -0.1) is 0 Å². The van der Waals surface area contributed by atoms with Gasteiger partial charge in [0.05, 0.1) is 12.8 Å². The Labute approximate surface area is 216 Å². The number of hydrogen-bond acceptors (Lipinski definition) is 6. The molecule has 1 aromatic heterocycles. The van der Waals surface area contributed by atoms with Gasteiger partial charge < -0.3 is 10.1 Å². The van der Waals surface area contributed by atoms with Crippen molar-refractivity contribution in [3.8, 4) is 22.8 Å². The zero-order chi connectivity index (χ0) is 24.1. The molecule has 4 aromatic rings. The highest BCUT2D eigenvalue weighted by molar-refractivity contribution is 7.80. The van der Waals surface area contributed by atoms with Gasteiger partial charge in [0.15, 0.2) is 10.9 Å². The lowest BCUT2D eigenvalue weighted by molar-refractivity contribution is 0.415. The molecule has 0 aliphatic rings. The second-order valence-corrected chi connectivity index (χ2v) is 8.55. The van der Waals surface area contributed by atoms with Crippen LogP contribution in [-0.2, 0) is 0 Å². The quantitative estimate of drug-likeness (QED) is 0.199. The smallest absolute Gasteiger partial charge is 0.230 e. The summed E-state index contributed by atoms with van der Waals surface area (Å²) >= 11 is 23.1. The van der Waals surface area contributed by atoms with E-state index in [0.29, 0.717) is 31.7 Å². The van der Waals surface area contributed by atoms with Crippen molar-refractivity contribution in [3.63, 3.8) is 0 Å². The third kappa shape index (κ3) is 5.81. The Morgan fingerprint density at radius 2 is 1.50 bits per heavy atom. The van der Waals surface area contributed by atoms with E-state index in [-0.39, 0.29) is 0 Å². The van der Waals surface area contributed by atoms with Crippen LogP contribution in [-0.4, -0.2) is 26.8 Å². The minimum Gasteiger partial charge on any atom is -0.497 e. The average Bonchev–Trinajstić information content (AvgIpc) is 2.84. The molecule has 172 valence electrons. The fraction of sp³-hybridized carbons (Fsp3) is 0.0435. The Balaban J connectivity index is 1.63. The van der Waals surface area contributed by atoms with Crippen LogP contribution in [0.5, 0.6) is 5.75 Å². The van der Waals surface area contributed by atoms with Crippen LogP contribution in [0.3, 0.4) is 0 Å². The fourth-order valence-electron chi connectivity index (χ4n) is 2.99. The first-order chi connectivity index (χ1) is 16.4. The molecule has 7 nitrogen and oxygen atoms in total. The molecule has 0 aliphatic heterocycles. The predicted octanol–water partition coefficient (Wildman–Crippen LogP) is 6.29.